The van der Waals surface area contributed by atoms with Gasteiger partial charge in [0.1, 0.15) is 11.9 Å². The van der Waals surface area contributed by atoms with E-state index >= 15 is 0 Å². The molecule has 0 aromatic carbocycles. The van der Waals surface area contributed by atoms with Crippen molar-refractivity contribution in [3.05, 3.63) is 40.5 Å². The van der Waals surface area contributed by atoms with Crippen molar-refractivity contribution in [3.63, 3.8) is 0 Å². The number of nitrogens with zero attached hydrogens (tertiary/aromatic N) is 4. The lowest BCUT2D eigenvalue weighted by molar-refractivity contribution is 0.259. The summed E-state index contributed by atoms with van der Waals surface area (Å²) in [5.74, 6) is 0.662. The summed E-state index contributed by atoms with van der Waals surface area (Å²) in [5.41, 5.74) is 0.342. The second-order valence-corrected chi connectivity index (χ2v) is 6.04. The molecule has 1 aliphatic heterocycles. The lowest BCUT2D eigenvalue weighted by atomic mass is 10.2. The van der Waals surface area contributed by atoms with Crippen LogP contribution in [0.1, 0.15) is 29.5 Å². The molecule has 0 unspecified atom stereocenters. The van der Waals surface area contributed by atoms with Gasteiger partial charge in [0, 0.05) is 11.4 Å². The van der Waals surface area contributed by atoms with Crippen molar-refractivity contribution in [2.24, 2.45) is 0 Å². The standard InChI is InChI=1S/C15H17N5S/c16-8-12-9-17-11-15(19-12)18-10-13(14-4-3-7-21-14)20-5-1-2-6-20/h3-4,7,9,11,13H,1-2,5-6,10H2,(H,18,19)/t13-/m0/s1. The van der Waals surface area contributed by atoms with E-state index in [1.165, 1.54) is 23.9 Å². The molecule has 0 saturated carbocycles. The predicted octanol–water partition coefficient (Wildman–Crippen LogP) is 2.66. The molecule has 0 spiro atoms. The number of rotatable bonds is 5. The third-order valence-electron chi connectivity index (χ3n) is 3.68. The molecule has 2 aromatic rings. The largest absolute Gasteiger partial charge is 0.367 e. The Morgan fingerprint density at radius 2 is 2.24 bits per heavy atom. The van der Waals surface area contributed by atoms with Crippen LogP contribution in [0.25, 0.3) is 0 Å². The fourth-order valence-corrected chi connectivity index (χ4v) is 3.51. The van der Waals surface area contributed by atoms with Gasteiger partial charge < -0.3 is 5.32 Å². The average Bonchev–Trinajstić information content (AvgIpc) is 3.21. The van der Waals surface area contributed by atoms with Crippen molar-refractivity contribution in [2.45, 2.75) is 18.9 Å². The van der Waals surface area contributed by atoms with Crippen LogP contribution in [0.3, 0.4) is 0 Å². The number of hydrogen-bond acceptors (Lipinski definition) is 6. The van der Waals surface area contributed by atoms with Gasteiger partial charge in [-0.1, -0.05) is 6.07 Å². The molecule has 5 nitrogen and oxygen atoms in total. The Bertz CT molecular complexity index is 613. The first-order chi connectivity index (χ1) is 10.4. The number of thiophene rings is 1. The van der Waals surface area contributed by atoms with Crippen molar-refractivity contribution in [3.8, 4) is 6.07 Å². The van der Waals surface area contributed by atoms with Gasteiger partial charge >= 0.3 is 0 Å². The minimum atomic E-state index is 0.342. The third kappa shape index (κ3) is 3.38. The summed E-state index contributed by atoms with van der Waals surface area (Å²) in [6.07, 6.45) is 5.68. The van der Waals surface area contributed by atoms with Gasteiger partial charge in [-0.2, -0.15) is 5.26 Å². The number of nitrogens with one attached hydrogen (secondary N) is 1. The van der Waals surface area contributed by atoms with Crippen LogP contribution in [-0.2, 0) is 0 Å². The van der Waals surface area contributed by atoms with E-state index in [0.29, 0.717) is 17.6 Å². The zero-order valence-electron chi connectivity index (χ0n) is 11.7. The monoisotopic (exact) mass is 299 g/mol. The summed E-state index contributed by atoms with van der Waals surface area (Å²) in [6.45, 7) is 3.08. The van der Waals surface area contributed by atoms with Gasteiger partial charge in [-0.25, -0.2) is 4.98 Å². The quantitative estimate of drug-likeness (QED) is 0.919. The first-order valence-corrected chi connectivity index (χ1v) is 7.98. The van der Waals surface area contributed by atoms with Crippen LogP contribution in [-0.4, -0.2) is 34.5 Å². The summed E-state index contributed by atoms with van der Waals surface area (Å²) < 4.78 is 0. The molecule has 1 aliphatic rings. The molecule has 21 heavy (non-hydrogen) atoms. The molecule has 0 radical (unpaired) electrons. The molecule has 6 heteroatoms. The summed E-state index contributed by atoms with van der Waals surface area (Å²) >= 11 is 1.79. The molecule has 108 valence electrons. The Hall–Kier alpha value is -1.97. The van der Waals surface area contributed by atoms with Crippen LogP contribution in [0.15, 0.2) is 29.9 Å². The fourth-order valence-electron chi connectivity index (χ4n) is 2.65. The summed E-state index contributed by atoms with van der Waals surface area (Å²) in [4.78, 5) is 12.1. The molecule has 1 fully saturated rings. The van der Waals surface area contributed by atoms with Crippen molar-refractivity contribution in [2.75, 3.05) is 25.0 Å². The molecule has 1 saturated heterocycles. The first-order valence-electron chi connectivity index (χ1n) is 7.10. The highest BCUT2D eigenvalue weighted by Gasteiger charge is 2.24. The molecule has 0 amide bonds. The predicted molar refractivity (Wildman–Crippen MR) is 83.1 cm³/mol. The van der Waals surface area contributed by atoms with Crippen molar-refractivity contribution < 1.29 is 0 Å². The minimum absolute atomic E-state index is 0.342. The van der Waals surface area contributed by atoms with Crippen molar-refractivity contribution >= 4 is 17.2 Å². The van der Waals surface area contributed by atoms with E-state index in [1.807, 2.05) is 6.07 Å². The van der Waals surface area contributed by atoms with Gasteiger partial charge in [0.15, 0.2) is 5.69 Å². The topological polar surface area (TPSA) is 64.8 Å². The van der Waals surface area contributed by atoms with Gasteiger partial charge in [0.2, 0.25) is 0 Å². The molecule has 1 atom stereocenters. The fraction of sp³-hybridized carbons (Fsp3) is 0.400. The lowest BCUT2D eigenvalue weighted by Gasteiger charge is -2.27. The van der Waals surface area contributed by atoms with E-state index < -0.39 is 0 Å². The molecule has 3 heterocycles. The van der Waals surface area contributed by atoms with Crippen LogP contribution < -0.4 is 5.32 Å². The molecular formula is C15H17N5S. The van der Waals surface area contributed by atoms with Gasteiger partial charge in [-0.05, 0) is 37.4 Å². The minimum Gasteiger partial charge on any atom is -0.367 e. The van der Waals surface area contributed by atoms with Gasteiger partial charge in [0.05, 0.1) is 18.4 Å². The Morgan fingerprint density at radius 1 is 1.38 bits per heavy atom. The van der Waals surface area contributed by atoms with Gasteiger partial charge in [-0.15, -0.1) is 11.3 Å². The highest BCUT2D eigenvalue weighted by atomic mass is 32.1. The van der Waals surface area contributed by atoms with E-state index in [0.717, 1.165) is 19.6 Å². The number of anilines is 1. The van der Waals surface area contributed by atoms with E-state index in [1.54, 1.807) is 17.5 Å². The van der Waals surface area contributed by atoms with Crippen LogP contribution in [0.2, 0.25) is 0 Å². The second kappa shape index (κ2) is 6.66. The highest BCUT2D eigenvalue weighted by Crippen LogP contribution is 2.28. The maximum Gasteiger partial charge on any atom is 0.161 e. The Labute approximate surface area is 128 Å². The Morgan fingerprint density at radius 3 is 2.95 bits per heavy atom. The molecule has 0 bridgehead atoms. The average molecular weight is 299 g/mol. The van der Waals surface area contributed by atoms with E-state index in [4.69, 9.17) is 5.26 Å². The SMILES string of the molecule is N#Cc1cncc(NC[C@@H](c2cccs2)N2CCCC2)n1. The van der Waals surface area contributed by atoms with Crippen LogP contribution in [0.4, 0.5) is 5.82 Å². The Balaban J connectivity index is 1.71. The highest BCUT2D eigenvalue weighted by molar-refractivity contribution is 7.10. The molecule has 1 N–H and O–H groups in total. The Kier molecular flexibility index (Phi) is 4.43. The van der Waals surface area contributed by atoms with Crippen molar-refractivity contribution in [1.29, 1.82) is 5.26 Å². The molecular weight excluding hydrogens is 282 g/mol. The van der Waals surface area contributed by atoms with Crippen LogP contribution >= 0.6 is 11.3 Å². The van der Waals surface area contributed by atoms with Gasteiger partial charge in [-0.3, -0.25) is 9.88 Å². The number of aromatic nitrogens is 2. The number of nitriles is 1. The summed E-state index contributed by atoms with van der Waals surface area (Å²) in [6, 6.07) is 6.66. The summed E-state index contributed by atoms with van der Waals surface area (Å²) in [7, 11) is 0. The van der Waals surface area contributed by atoms with Crippen molar-refractivity contribution in [1.82, 2.24) is 14.9 Å². The summed E-state index contributed by atoms with van der Waals surface area (Å²) in [5, 5.41) is 14.3. The molecule has 0 aliphatic carbocycles. The van der Waals surface area contributed by atoms with E-state index in [9.17, 15) is 0 Å². The second-order valence-electron chi connectivity index (χ2n) is 5.06. The third-order valence-corrected chi connectivity index (χ3v) is 4.65. The maximum atomic E-state index is 8.88. The number of likely N-dealkylation sites (tertiary alicyclic amines) is 1. The normalized spacial score (nSPS) is 16.5. The zero-order valence-corrected chi connectivity index (χ0v) is 12.5. The first kappa shape index (κ1) is 14.0. The smallest absolute Gasteiger partial charge is 0.161 e. The lowest BCUT2D eigenvalue weighted by Crippen LogP contribution is -2.30. The molecule has 3 rings (SSSR count). The van der Waals surface area contributed by atoms with Crippen LogP contribution in [0, 0.1) is 11.3 Å². The van der Waals surface area contributed by atoms with Crippen LogP contribution in [0.5, 0.6) is 0 Å². The van der Waals surface area contributed by atoms with E-state index in [2.05, 4.69) is 37.7 Å². The maximum absolute atomic E-state index is 8.88. The number of hydrogen-bond donors (Lipinski definition) is 1. The zero-order chi connectivity index (χ0) is 14.5. The van der Waals surface area contributed by atoms with E-state index in [-0.39, 0.29) is 0 Å². The molecule has 2 aromatic heterocycles. The van der Waals surface area contributed by atoms with Gasteiger partial charge in [0.25, 0.3) is 0 Å².